The van der Waals surface area contributed by atoms with E-state index in [0.29, 0.717) is 5.25 Å². The Hall–Kier alpha value is 0.320. The summed E-state index contributed by atoms with van der Waals surface area (Å²) in [5.41, 5.74) is 0. The van der Waals surface area contributed by atoms with E-state index >= 15 is 0 Å². The van der Waals surface area contributed by atoms with E-state index in [4.69, 9.17) is 0 Å². The zero-order chi connectivity index (χ0) is 12.2. The van der Waals surface area contributed by atoms with E-state index < -0.39 is 9.84 Å². The van der Waals surface area contributed by atoms with Gasteiger partial charge in [-0.05, 0) is 6.42 Å². The number of thioether (sulfide) groups is 2. The van der Waals surface area contributed by atoms with E-state index in [1.807, 2.05) is 11.8 Å². The van der Waals surface area contributed by atoms with Crippen LogP contribution in [-0.2, 0) is 14.6 Å². The van der Waals surface area contributed by atoms with Crippen LogP contribution in [0.5, 0.6) is 0 Å². The first kappa shape index (κ1) is 14.4. The SMILES string of the molecule is CCC1SCCSC1C(=O)CCS(C)(=O)=O. The van der Waals surface area contributed by atoms with Crippen molar-refractivity contribution < 1.29 is 13.2 Å². The minimum absolute atomic E-state index is 0.00509. The fourth-order valence-corrected chi connectivity index (χ4v) is 5.27. The molecule has 1 heterocycles. The molecule has 1 saturated heterocycles. The fraction of sp³-hybridized carbons (Fsp3) is 0.900. The van der Waals surface area contributed by atoms with Gasteiger partial charge in [0.15, 0.2) is 0 Å². The molecule has 16 heavy (non-hydrogen) atoms. The third-order valence-electron chi connectivity index (χ3n) is 2.49. The maximum absolute atomic E-state index is 11.9. The van der Waals surface area contributed by atoms with Gasteiger partial charge in [-0.2, -0.15) is 11.8 Å². The fourth-order valence-electron chi connectivity index (χ4n) is 1.63. The number of Topliss-reactive ketones (excluding diaryl/α,β-unsaturated/α-hetero) is 1. The second-order valence-corrected chi connectivity index (χ2v) is 8.81. The Labute approximate surface area is 106 Å². The first-order valence-electron chi connectivity index (χ1n) is 5.37. The van der Waals surface area contributed by atoms with Gasteiger partial charge in [0.25, 0.3) is 0 Å². The highest BCUT2D eigenvalue weighted by Gasteiger charge is 2.30. The molecule has 2 unspecified atom stereocenters. The van der Waals surface area contributed by atoms with E-state index in [1.54, 1.807) is 11.8 Å². The summed E-state index contributed by atoms with van der Waals surface area (Å²) in [5.74, 6) is 2.19. The Balaban J connectivity index is 2.51. The number of hydrogen-bond donors (Lipinski definition) is 0. The number of sulfone groups is 1. The van der Waals surface area contributed by atoms with E-state index in [2.05, 4.69) is 6.92 Å². The molecule has 1 aliphatic rings. The summed E-state index contributed by atoms with van der Waals surface area (Å²) >= 11 is 3.53. The quantitative estimate of drug-likeness (QED) is 0.767. The van der Waals surface area contributed by atoms with Crippen LogP contribution in [0, 0.1) is 0 Å². The second kappa shape index (κ2) is 6.31. The summed E-state index contributed by atoms with van der Waals surface area (Å²) < 4.78 is 22.0. The summed E-state index contributed by atoms with van der Waals surface area (Å²) in [6, 6.07) is 0. The third kappa shape index (κ3) is 4.67. The zero-order valence-electron chi connectivity index (χ0n) is 9.64. The highest BCUT2D eigenvalue weighted by atomic mass is 32.2. The highest BCUT2D eigenvalue weighted by Crippen LogP contribution is 2.34. The summed E-state index contributed by atoms with van der Waals surface area (Å²) in [5, 5.41) is 0.372. The molecule has 2 atom stereocenters. The Bertz CT molecular complexity index is 337. The van der Waals surface area contributed by atoms with Crippen molar-refractivity contribution >= 4 is 39.1 Å². The number of hydrogen-bond acceptors (Lipinski definition) is 5. The molecule has 0 aliphatic carbocycles. The minimum Gasteiger partial charge on any atom is -0.298 e. The number of carbonyl (C=O) groups excluding carboxylic acids is 1. The van der Waals surface area contributed by atoms with Crippen LogP contribution in [0.15, 0.2) is 0 Å². The number of carbonyl (C=O) groups is 1. The number of ketones is 1. The molecular weight excluding hydrogens is 264 g/mol. The molecule has 1 rings (SSSR count). The molecule has 0 radical (unpaired) electrons. The molecule has 0 aromatic carbocycles. The maximum atomic E-state index is 11.9. The first-order chi connectivity index (χ1) is 7.44. The van der Waals surface area contributed by atoms with Crippen LogP contribution in [0.25, 0.3) is 0 Å². The summed E-state index contributed by atoms with van der Waals surface area (Å²) in [4.78, 5) is 11.9. The van der Waals surface area contributed by atoms with Crippen molar-refractivity contribution in [3.05, 3.63) is 0 Å². The maximum Gasteiger partial charge on any atom is 0.147 e. The van der Waals surface area contributed by atoms with Gasteiger partial charge in [-0.1, -0.05) is 6.92 Å². The summed E-state index contributed by atoms with van der Waals surface area (Å²) in [6.07, 6.45) is 2.33. The predicted octanol–water partition coefficient (Wildman–Crippen LogP) is 1.62. The Kier molecular flexibility index (Phi) is 5.67. The normalized spacial score (nSPS) is 26.6. The molecular formula is C10H18O3S3. The van der Waals surface area contributed by atoms with E-state index in [0.717, 1.165) is 17.9 Å². The topological polar surface area (TPSA) is 51.2 Å². The van der Waals surface area contributed by atoms with Crippen LogP contribution in [0.4, 0.5) is 0 Å². The van der Waals surface area contributed by atoms with Crippen LogP contribution in [0.2, 0.25) is 0 Å². The lowest BCUT2D eigenvalue weighted by Gasteiger charge is -2.28. The Morgan fingerprint density at radius 3 is 2.50 bits per heavy atom. The molecule has 0 saturated carbocycles. The second-order valence-electron chi connectivity index (χ2n) is 3.96. The van der Waals surface area contributed by atoms with Gasteiger partial charge >= 0.3 is 0 Å². The van der Waals surface area contributed by atoms with Gasteiger partial charge in [0, 0.05) is 29.4 Å². The smallest absolute Gasteiger partial charge is 0.147 e. The zero-order valence-corrected chi connectivity index (χ0v) is 12.1. The van der Waals surface area contributed by atoms with Crippen LogP contribution >= 0.6 is 23.5 Å². The van der Waals surface area contributed by atoms with Gasteiger partial charge in [-0.25, -0.2) is 8.42 Å². The van der Waals surface area contributed by atoms with Gasteiger partial charge in [0.05, 0.1) is 11.0 Å². The van der Waals surface area contributed by atoms with Crippen LogP contribution in [0.1, 0.15) is 19.8 Å². The predicted molar refractivity (Wildman–Crippen MR) is 72.1 cm³/mol. The molecule has 1 aliphatic heterocycles. The largest absolute Gasteiger partial charge is 0.298 e. The third-order valence-corrected chi connectivity index (χ3v) is 6.73. The lowest BCUT2D eigenvalue weighted by atomic mass is 10.1. The average molecular weight is 282 g/mol. The Morgan fingerprint density at radius 2 is 1.94 bits per heavy atom. The monoisotopic (exact) mass is 282 g/mol. The lowest BCUT2D eigenvalue weighted by Crippen LogP contribution is -2.33. The summed E-state index contributed by atoms with van der Waals surface area (Å²) in [7, 11) is -3.02. The van der Waals surface area contributed by atoms with Gasteiger partial charge in [0.2, 0.25) is 0 Å². The van der Waals surface area contributed by atoms with Crippen LogP contribution in [-0.4, -0.2) is 48.2 Å². The molecule has 6 heteroatoms. The molecule has 0 aromatic heterocycles. The molecule has 3 nitrogen and oxygen atoms in total. The van der Waals surface area contributed by atoms with Crippen molar-refractivity contribution in [3.8, 4) is 0 Å². The van der Waals surface area contributed by atoms with Crippen molar-refractivity contribution in [1.82, 2.24) is 0 Å². The minimum atomic E-state index is -3.02. The van der Waals surface area contributed by atoms with Crippen LogP contribution < -0.4 is 0 Å². The molecule has 0 amide bonds. The van der Waals surface area contributed by atoms with Gasteiger partial charge < -0.3 is 0 Å². The lowest BCUT2D eigenvalue weighted by molar-refractivity contribution is -0.118. The highest BCUT2D eigenvalue weighted by molar-refractivity contribution is 8.07. The van der Waals surface area contributed by atoms with E-state index in [-0.39, 0.29) is 23.2 Å². The van der Waals surface area contributed by atoms with Crippen molar-refractivity contribution in [2.75, 3.05) is 23.5 Å². The molecule has 0 aromatic rings. The number of rotatable bonds is 5. The van der Waals surface area contributed by atoms with Crippen molar-refractivity contribution in [2.45, 2.75) is 30.3 Å². The molecule has 0 N–H and O–H groups in total. The van der Waals surface area contributed by atoms with E-state index in [1.165, 1.54) is 6.26 Å². The molecule has 1 fully saturated rings. The van der Waals surface area contributed by atoms with Crippen LogP contribution in [0.3, 0.4) is 0 Å². The van der Waals surface area contributed by atoms with E-state index in [9.17, 15) is 13.2 Å². The standard InChI is InChI=1S/C10H18O3S3/c1-3-9-10(15-6-5-14-9)8(11)4-7-16(2,12)13/h9-10H,3-7H2,1-2H3. The Morgan fingerprint density at radius 1 is 1.31 bits per heavy atom. The van der Waals surface area contributed by atoms with Crippen molar-refractivity contribution in [2.24, 2.45) is 0 Å². The van der Waals surface area contributed by atoms with Gasteiger partial charge in [-0.15, -0.1) is 11.8 Å². The first-order valence-corrected chi connectivity index (χ1v) is 9.53. The van der Waals surface area contributed by atoms with Crippen molar-refractivity contribution in [3.63, 3.8) is 0 Å². The molecule has 0 spiro atoms. The molecule has 94 valence electrons. The summed E-state index contributed by atoms with van der Waals surface area (Å²) in [6.45, 7) is 2.08. The average Bonchev–Trinajstić information content (AvgIpc) is 2.25. The van der Waals surface area contributed by atoms with Crippen molar-refractivity contribution in [1.29, 1.82) is 0 Å². The van der Waals surface area contributed by atoms with Gasteiger partial charge in [0.1, 0.15) is 15.6 Å². The van der Waals surface area contributed by atoms with Gasteiger partial charge in [-0.3, -0.25) is 4.79 Å². The molecule has 0 bridgehead atoms.